The fourth-order valence-electron chi connectivity index (χ4n) is 3.16. The second-order valence-corrected chi connectivity index (χ2v) is 6.12. The van der Waals surface area contributed by atoms with Gasteiger partial charge in [0.1, 0.15) is 5.54 Å². The van der Waals surface area contributed by atoms with Crippen molar-refractivity contribution >= 4 is 0 Å². The molecule has 2 aliphatic rings. The number of benzene rings is 1. The summed E-state index contributed by atoms with van der Waals surface area (Å²) in [5.74, 6) is 1.64. The molecule has 0 amide bonds. The maximum absolute atomic E-state index is 9.63. The Balaban J connectivity index is 1.66. The van der Waals surface area contributed by atoms with E-state index in [9.17, 15) is 5.26 Å². The summed E-state index contributed by atoms with van der Waals surface area (Å²) >= 11 is 0. The Hall–Kier alpha value is -1.73. The SMILES string of the molecule is CC(C#N)(CCc1ccc2c(c1)OCO2)N1CCCCC1. The first-order valence-corrected chi connectivity index (χ1v) is 7.76. The summed E-state index contributed by atoms with van der Waals surface area (Å²) in [5, 5.41) is 9.63. The molecular weight excluding hydrogens is 264 g/mol. The van der Waals surface area contributed by atoms with E-state index in [0.29, 0.717) is 6.79 Å². The molecule has 0 bridgehead atoms. The van der Waals surface area contributed by atoms with Crippen molar-refractivity contribution in [1.29, 1.82) is 5.26 Å². The number of piperidine rings is 1. The average molecular weight is 286 g/mol. The van der Waals surface area contributed by atoms with Crippen LogP contribution < -0.4 is 9.47 Å². The Morgan fingerprint density at radius 1 is 1.19 bits per heavy atom. The van der Waals surface area contributed by atoms with Gasteiger partial charge in [-0.15, -0.1) is 0 Å². The molecule has 3 rings (SSSR count). The van der Waals surface area contributed by atoms with Crippen LogP contribution in [-0.2, 0) is 6.42 Å². The van der Waals surface area contributed by atoms with Crippen LogP contribution in [0.4, 0.5) is 0 Å². The van der Waals surface area contributed by atoms with Gasteiger partial charge in [-0.1, -0.05) is 12.5 Å². The minimum Gasteiger partial charge on any atom is -0.454 e. The highest BCUT2D eigenvalue weighted by atomic mass is 16.7. The summed E-state index contributed by atoms with van der Waals surface area (Å²) < 4.78 is 10.7. The molecule has 4 heteroatoms. The van der Waals surface area contributed by atoms with Crippen LogP contribution in [0, 0.1) is 11.3 Å². The normalized spacial score (nSPS) is 20.8. The highest BCUT2D eigenvalue weighted by Gasteiger charge is 2.32. The lowest BCUT2D eigenvalue weighted by Gasteiger charge is -2.38. The van der Waals surface area contributed by atoms with E-state index in [0.717, 1.165) is 37.4 Å². The summed E-state index contributed by atoms with van der Waals surface area (Å²) in [5.41, 5.74) is 0.842. The standard InChI is InChI=1S/C17H22N2O2/c1-17(12-18,19-9-3-2-4-10-19)8-7-14-5-6-15-16(11-14)21-13-20-15/h5-6,11H,2-4,7-10,13H2,1H3. The molecule has 0 aliphatic carbocycles. The summed E-state index contributed by atoms with van der Waals surface area (Å²) in [6.07, 6.45) is 5.45. The van der Waals surface area contributed by atoms with Crippen molar-refractivity contribution in [2.24, 2.45) is 0 Å². The van der Waals surface area contributed by atoms with Gasteiger partial charge in [-0.25, -0.2) is 0 Å². The van der Waals surface area contributed by atoms with Crippen LogP contribution in [0.1, 0.15) is 38.2 Å². The number of hydrogen-bond donors (Lipinski definition) is 0. The van der Waals surface area contributed by atoms with E-state index in [4.69, 9.17) is 9.47 Å². The van der Waals surface area contributed by atoms with Crippen molar-refractivity contribution in [1.82, 2.24) is 4.90 Å². The molecular formula is C17H22N2O2. The van der Waals surface area contributed by atoms with E-state index in [1.807, 2.05) is 12.1 Å². The third-order valence-electron chi connectivity index (χ3n) is 4.63. The van der Waals surface area contributed by atoms with E-state index < -0.39 is 0 Å². The number of nitriles is 1. The van der Waals surface area contributed by atoms with E-state index in [-0.39, 0.29) is 5.54 Å². The number of ether oxygens (including phenoxy) is 2. The number of rotatable bonds is 4. The van der Waals surface area contributed by atoms with Gasteiger partial charge in [0.25, 0.3) is 0 Å². The Morgan fingerprint density at radius 3 is 2.71 bits per heavy atom. The third kappa shape index (κ3) is 2.98. The molecule has 1 aromatic rings. The van der Waals surface area contributed by atoms with Crippen molar-refractivity contribution in [3.8, 4) is 17.6 Å². The fraction of sp³-hybridized carbons (Fsp3) is 0.588. The zero-order chi connectivity index (χ0) is 14.7. The zero-order valence-corrected chi connectivity index (χ0v) is 12.6. The predicted molar refractivity (Wildman–Crippen MR) is 80.3 cm³/mol. The molecule has 1 unspecified atom stereocenters. The van der Waals surface area contributed by atoms with Gasteiger partial charge in [-0.05, 0) is 63.4 Å². The second kappa shape index (κ2) is 5.95. The third-order valence-corrected chi connectivity index (χ3v) is 4.63. The monoisotopic (exact) mass is 286 g/mol. The molecule has 112 valence electrons. The molecule has 1 aromatic carbocycles. The highest BCUT2D eigenvalue weighted by Crippen LogP contribution is 2.33. The van der Waals surface area contributed by atoms with E-state index >= 15 is 0 Å². The summed E-state index contributed by atoms with van der Waals surface area (Å²) in [4.78, 5) is 2.35. The van der Waals surface area contributed by atoms with E-state index in [2.05, 4.69) is 24.0 Å². The van der Waals surface area contributed by atoms with Crippen LogP contribution in [0.25, 0.3) is 0 Å². The lowest BCUT2D eigenvalue weighted by molar-refractivity contribution is 0.117. The van der Waals surface area contributed by atoms with Gasteiger partial charge in [0.15, 0.2) is 11.5 Å². The summed E-state index contributed by atoms with van der Waals surface area (Å²) in [7, 11) is 0. The van der Waals surface area contributed by atoms with Gasteiger partial charge in [0, 0.05) is 0 Å². The van der Waals surface area contributed by atoms with Gasteiger partial charge in [-0.2, -0.15) is 5.26 Å². The van der Waals surface area contributed by atoms with Gasteiger partial charge in [0.05, 0.1) is 6.07 Å². The van der Waals surface area contributed by atoms with Crippen molar-refractivity contribution in [3.05, 3.63) is 23.8 Å². The Labute approximate surface area is 126 Å². The first kappa shape index (κ1) is 14.2. The highest BCUT2D eigenvalue weighted by molar-refractivity contribution is 5.44. The summed E-state index contributed by atoms with van der Waals surface area (Å²) in [6, 6.07) is 8.61. The number of nitrogens with zero attached hydrogens (tertiary/aromatic N) is 2. The first-order valence-electron chi connectivity index (χ1n) is 7.76. The van der Waals surface area contributed by atoms with E-state index in [1.54, 1.807) is 0 Å². The van der Waals surface area contributed by atoms with Crippen LogP contribution in [0.15, 0.2) is 18.2 Å². The van der Waals surface area contributed by atoms with Crippen LogP contribution in [-0.4, -0.2) is 30.3 Å². The first-order chi connectivity index (χ1) is 10.2. The maximum atomic E-state index is 9.63. The van der Waals surface area contributed by atoms with Crippen LogP contribution in [0.2, 0.25) is 0 Å². The van der Waals surface area contributed by atoms with Crippen molar-refractivity contribution in [2.45, 2.75) is 44.6 Å². The van der Waals surface area contributed by atoms with Crippen molar-refractivity contribution < 1.29 is 9.47 Å². The molecule has 21 heavy (non-hydrogen) atoms. The molecule has 2 heterocycles. The second-order valence-electron chi connectivity index (χ2n) is 6.12. The van der Waals surface area contributed by atoms with Gasteiger partial charge >= 0.3 is 0 Å². The minimum absolute atomic E-state index is 0.308. The Bertz CT molecular complexity index is 546. The van der Waals surface area contributed by atoms with Crippen LogP contribution in [0.3, 0.4) is 0 Å². The van der Waals surface area contributed by atoms with Gasteiger partial charge in [-0.3, -0.25) is 4.90 Å². The lowest BCUT2D eigenvalue weighted by Crippen LogP contribution is -2.48. The topological polar surface area (TPSA) is 45.5 Å². The van der Waals surface area contributed by atoms with Crippen LogP contribution >= 0.6 is 0 Å². The van der Waals surface area contributed by atoms with E-state index in [1.165, 1.54) is 24.8 Å². The molecule has 4 nitrogen and oxygen atoms in total. The smallest absolute Gasteiger partial charge is 0.231 e. The fourth-order valence-corrected chi connectivity index (χ4v) is 3.16. The van der Waals surface area contributed by atoms with Crippen molar-refractivity contribution in [2.75, 3.05) is 19.9 Å². The molecule has 1 atom stereocenters. The van der Waals surface area contributed by atoms with Gasteiger partial charge in [0.2, 0.25) is 6.79 Å². The summed E-state index contributed by atoms with van der Waals surface area (Å²) in [6.45, 7) is 4.48. The molecule has 0 radical (unpaired) electrons. The maximum Gasteiger partial charge on any atom is 0.231 e. The number of hydrogen-bond acceptors (Lipinski definition) is 4. The number of likely N-dealkylation sites (tertiary alicyclic amines) is 1. The average Bonchev–Trinajstić information content (AvgIpc) is 3.01. The van der Waals surface area contributed by atoms with Crippen molar-refractivity contribution in [3.63, 3.8) is 0 Å². The number of aryl methyl sites for hydroxylation is 1. The molecule has 2 aliphatic heterocycles. The molecule has 1 saturated heterocycles. The Kier molecular flexibility index (Phi) is 4.03. The molecule has 0 N–H and O–H groups in total. The largest absolute Gasteiger partial charge is 0.454 e. The molecule has 0 aromatic heterocycles. The van der Waals surface area contributed by atoms with Crippen LogP contribution in [0.5, 0.6) is 11.5 Å². The molecule has 0 saturated carbocycles. The molecule has 1 fully saturated rings. The number of fused-ring (bicyclic) bond motifs is 1. The minimum atomic E-state index is -0.364. The predicted octanol–water partition coefficient (Wildman–Crippen LogP) is 3.12. The Morgan fingerprint density at radius 2 is 1.95 bits per heavy atom. The van der Waals surface area contributed by atoms with Gasteiger partial charge < -0.3 is 9.47 Å². The quantitative estimate of drug-likeness (QED) is 0.853. The zero-order valence-electron chi connectivity index (χ0n) is 12.6. The molecule has 0 spiro atoms. The lowest BCUT2D eigenvalue weighted by atomic mass is 9.90.